The number of piperidine rings is 1. The standard InChI is InChI=1S/C18H21N5O4S/c24-23(25)14-2-5-16-13(11-14)1-6-17-19-20-18(22(16)17)12-7-9-21(10-8-12)28(26,27)15-3-4-15/h2,5,11-12,15H,1,3-4,6-10H2. The summed E-state index contributed by atoms with van der Waals surface area (Å²) in [5.74, 6) is 1.84. The molecule has 0 bridgehead atoms. The average Bonchev–Trinajstić information content (AvgIpc) is 3.47. The summed E-state index contributed by atoms with van der Waals surface area (Å²) < 4.78 is 28.6. The van der Waals surface area contributed by atoms with Crippen molar-refractivity contribution in [1.29, 1.82) is 0 Å². The molecule has 0 amide bonds. The quantitative estimate of drug-likeness (QED) is 0.570. The fourth-order valence-corrected chi connectivity index (χ4v) is 6.19. The number of hydrogen-bond acceptors (Lipinski definition) is 6. The molecule has 1 aromatic carbocycles. The Morgan fingerprint density at radius 1 is 1.07 bits per heavy atom. The molecule has 9 nitrogen and oxygen atoms in total. The SMILES string of the molecule is O=[N+]([O-])c1ccc2c(c1)CCc1nnc(C3CCN(S(=O)(=O)C4CC4)CC3)n1-2. The minimum atomic E-state index is -3.13. The van der Waals surface area contributed by atoms with Crippen molar-refractivity contribution < 1.29 is 13.3 Å². The van der Waals surface area contributed by atoms with E-state index >= 15 is 0 Å². The van der Waals surface area contributed by atoms with Crippen LogP contribution in [0.25, 0.3) is 5.69 Å². The van der Waals surface area contributed by atoms with E-state index in [4.69, 9.17) is 0 Å². The lowest BCUT2D eigenvalue weighted by Gasteiger charge is -2.31. The third-order valence-electron chi connectivity index (χ3n) is 6.01. The van der Waals surface area contributed by atoms with Crippen molar-refractivity contribution in [3.05, 3.63) is 45.5 Å². The van der Waals surface area contributed by atoms with Crippen LogP contribution in [-0.4, -0.2) is 50.8 Å². The van der Waals surface area contributed by atoms with Crippen LogP contribution < -0.4 is 0 Å². The lowest BCUT2D eigenvalue weighted by molar-refractivity contribution is -0.384. The van der Waals surface area contributed by atoms with Gasteiger partial charge in [-0.25, -0.2) is 12.7 Å². The van der Waals surface area contributed by atoms with Crippen LogP contribution in [0.2, 0.25) is 0 Å². The van der Waals surface area contributed by atoms with E-state index < -0.39 is 10.0 Å². The van der Waals surface area contributed by atoms with Gasteiger partial charge in [-0.3, -0.25) is 14.7 Å². The van der Waals surface area contributed by atoms with Gasteiger partial charge in [0.15, 0.2) is 0 Å². The molecule has 2 aromatic rings. The van der Waals surface area contributed by atoms with E-state index in [2.05, 4.69) is 10.2 Å². The molecule has 1 aromatic heterocycles. The first-order chi connectivity index (χ1) is 13.4. The van der Waals surface area contributed by atoms with Gasteiger partial charge in [0, 0.05) is 37.6 Å². The van der Waals surface area contributed by atoms with Crippen LogP contribution >= 0.6 is 0 Å². The minimum Gasteiger partial charge on any atom is -0.282 e. The minimum absolute atomic E-state index is 0.0930. The van der Waals surface area contributed by atoms with E-state index in [1.807, 2.05) is 4.57 Å². The Morgan fingerprint density at radius 3 is 2.50 bits per heavy atom. The van der Waals surface area contributed by atoms with Crippen molar-refractivity contribution >= 4 is 15.7 Å². The van der Waals surface area contributed by atoms with Gasteiger partial charge in [0.25, 0.3) is 5.69 Å². The highest BCUT2D eigenvalue weighted by Crippen LogP contribution is 2.37. The molecule has 2 aliphatic heterocycles. The summed E-state index contributed by atoms with van der Waals surface area (Å²) in [5, 5.41) is 19.7. The highest BCUT2D eigenvalue weighted by Gasteiger charge is 2.42. The van der Waals surface area contributed by atoms with E-state index in [0.717, 1.165) is 35.7 Å². The molecule has 148 valence electrons. The molecule has 1 aliphatic carbocycles. The third kappa shape index (κ3) is 2.82. The molecular formula is C18H21N5O4S. The molecule has 1 saturated carbocycles. The zero-order valence-electron chi connectivity index (χ0n) is 15.3. The second kappa shape index (κ2) is 6.35. The topological polar surface area (TPSA) is 111 Å². The monoisotopic (exact) mass is 403 g/mol. The second-order valence-electron chi connectivity index (χ2n) is 7.80. The molecule has 2 fully saturated rings. The van der Waals surface area contributed by atoms with Gasteiger partial charge in [-0.1, -0.05) is 0 Å². The van der Waals surface area contributed by atoms with E-state index in [9.17, 15) is 18.5 Å². The first-order valence-corrected chi connectivity index (χ1v) is 11.2. The average molecular weight is 403 g/mol. The molecule has 3 heterocycles. The van der Waals surface area contributed by atoms with E-state index in [1.54, 1.807) is 16.4 Å². The molecule has 28 heavy (non-hydrogen) atoms. The molecule has 0 atom stereocenters. The number of benzene rings is 1. The number of nitrogens with zero attached hydrogens (tertiary/aromatic N) is 5. The molecule has 3 aliphatic rings. The largest absolute Gasteiger partial charge is 0.282 e. The molecule has 0 unspecified atom stereocenters. The number of rotatable bonds is 4. The molecule has 0 N–H and O–H groups in total. The first-order valence-electron chi connectivity index (χ1n) is 9.66. The number of fused-ring (bicyclic) bond motifs is 3. The maximum Gasteiger partial charge on any atom is 0.269 e. The maximum absolute atomic E-state index is 12.5. The number of aryl methyl sites for hydroxylation is 2. The van der Waals surface area contributed by atoms with Crippen LogP contribution in [0.3, 0.4) is 0 Å². The van der Waals surface area contributed by atoms with Gasteiger partial charge in [-0.2, -0.15) is 0 Å². The van der Waals surface area contributed by atoms with Crippen LogP contribution in [0.4, 0.5) is 5.69 Å². The highest BCUT2D eigenvalue weighted by molar-refractivity contribution is 7.90. The van der Waals surface area contributed by atoms with Crippen LogP contribution in [0.15, 0.2) is 18.2 Å². The van der Waals surface area contributed by atoms with Gasteiger partial charge >= 0.3 is 0 Å². The summed E-state index contributed by atoms with van der Waals surface area (Å²) in [6.45, 7) is 1.03. The number of nitro benzene ring substituents is 1. The van der Waals surface area contributed by atoms with E-state index in [0.29, 0.717) is 38.8 Å². The Balaban J connectivity index is 1.42. The number of hydrogen-bond donors (Lipinski definition) is 0. The summed E-state index contributed by atoms with van der Waals surface area (Å²) in [5.41, 5.74) is 1.92. The van der Waals surface area contributed by atoms with Gasteiger partial charge in [-0.05, 0) is 43.7 Å². The zero-order valence-corrected chi connectivity index (χ0v) is 16.1. The van der Waals surface area contributed by atoms with Crippen molar-refractivity contribution in [3.63, 3.8) is 0 Å². The molecule has 0 spiro atoms. The van der Waals surface area contributed by atoms with Gasteiger partial charge in [-0.15, -0.1) is 10.2 Å². The van der Waals surface area contributed by atoms with Crippen molar-refractivity contribution in [3.8, 4) is 5.69 Å². The Hall–Kier alpha value is -2.33. The van der Waals surface area contributed by atoms with E-state index in [1.165, 1.54) is 6.07 Å². The summed E-state index contributed by atoms with van der Waals surface area (Å²) in [6.07, 6.45) is 4.38. The van der Waals surface area contributed by atoms with Crippen molar-refractivity contribution in [2.45, 2.75) is 49.7 Å². The van der Waals surface area contributed by atoms with Crippen molar-refractivity contribution in [1.82, 2.24) is 19.1 Å². The number of non-ortho nitro benzene ring substituents is 1. The first kappa shape index (κ1) is 17.7. The fourth-order valence-electron chi connectivity index (χ4n) is 4.31. The normalized spacial score (nSPS) is 20.6. The number of aromatic nitrogens is 3. The number of sulfonamides is 1. The summed E-state index contributed by atoms with van der Waals surface area (Å²) in [6, 6.07) is 4.92. The Bertz CT molecular complexity index is 1050. The Kier molecular flexibility index (Phi) is 4.02. The van der Waals surface area contributed by atoms with Crippen molar-refractivity contribution in [2.75, 3.05) is 13.1 Å². The van der Waals surface area contributed by atoms with Crippen molar-refractivity contribution in [2.24, 2.45) is 0 Å². The lowest BCUT2D eigenvalue weighted by Crippen LogP contribution is -2.40. The van der Waals surface area contributed by atoms with Gasteiger partial charge in [0.05, 0.1) is 15.9 Å². The third-order valence-corrected chi connectivity index (χ3v) is 8.41. The summed E-state index contributed by atoms with van der Waals surface area (Å²) in [7, 11) is -3.13. The van der Waals surface area contributed by atoms with Crippen LogP contribution in [0.5, 0.6) is 0 Å². The highest BCUT2D eigenvalue weighted by atomic mass is 32.2. The summed E-state index contributed by atoms with van der Waals surface area (Å²) >= 11 is 0. The van der Waals surface area contributed by atoms with Crippen LogP contribution in [0, 0.1) is 10.1 Å². The van der Waals surface area contributed by atoms with Gasteiger partial charge in [0.2, 0.25) is 10.0 Å². The molecule has 10 heteroatoms. The predicted molar refractivity (Wildman–Crippen MR) is 101 cm³/mol. The Labute approximate surface area is 162 Å². The second-order valence-corrected chi connectivity index (χ2v) is 10.0. The Morgan fingerprint density at radius 2 is 1.82 bits per heavy atom. The molecular weight excluding hydrogens is 382 g/mol. The number of nitro groups is 1. The molecule has 1 saturated heterocycles. The lowest BCUT2D eigenvalue weighted by atomic mass is 9.95. The zero-order chi connectivity index (χ0) is 19.5. The molecule has 5 rings (SSSR count). The van der Waals surface area contributed by atoms with E-state index in [-0.39, 0.29) is 21.8 Å². The molecule has 0 radical (unpaired) electrons. The van der Waals surface area contributed by atoms with Crippen LogP contribution in [-0.2, 0) is 22.9 Å². The maximum atomic E-state index is 12.5. The fraction of sp³-hybridized carbons (Fsp3) is 0.556. The smallest absolute Gasteiger partial charge is 0.269 e. The predicted octanol–water partition coefficient (Wildman–Crippen LogP) is 1.95. The van der Waals surface area contributed by atoms with Crippen LogP contribution in [0.1, 0.15) is 48.8 Å². The van der Waals surface area contributed by atoms with Gasteiger partial charge < -0.3 is 0 Å². The van der Waals surface area contributed by atoms with Gasteiger partial charge in [0.1, 0.15) is 11.6 Å². The summed E-state index contributed by atoms with van der Waals surface area (Å²) in [4.78, 5) is 10.7.